The molecule has 1 heterocycles. The van der Waals surface area contributed by atoms with Crippen LogP contribution in [0.3, 0.4) is 0 Å². The van der Waals surface area contributed by atoms with Gasteiger partial charge in [-0.05, 0) is 24.1 Å². The van der Waals surface area contributed by atoms with Crippen molar-refractivity contribution in [3.8, 4) is 11.5 Å². The smallest absolute Gasteiger partial charge is 0.387 e. The van der Waals surface area contributed by atoms with Crippen LogP contribution in [0.25, 0.3) is 0 Å². The first kappa shape index (κ1) is 19.4. The van der Waals surface area contributed by atoms with Crippen molar-refractivity contribution >= 4 is 33.6 Å². The van der Waals surface area contributed by atoms with Gasteiger partial charge in [-0.1, -0.05) is 11.6 Å². The summed E-state index contributed by atoms with van der Waals surface area (Å²) in [6.45, 7) is -3.06. The molecule has 1 fully saturated rings. The number of alkyl halides is 2. The number of benzene rings is 1. The summed E-state index contributed by atoms with van der Waals surface area (Å²) in [5.74, 6) is -1.70. The molecule has 1 aromatic carbocycles. The lowest BCUT2D eigenvalue weighted by atomic mass is 10.1. The average Bonchev–Trinajstić information content (AvgIpc) is 2.89. The number of carbonyl (C=O) groups excluding carboxylic acids is 1. The number of sulfone groups is 1. The van der Waals surface area contributed by atoms with Crippen LogP contribution in [-0.2, 0) is 14.6 Å². The number of nitrogens with zero attached hydrogens (tertiary/aromatic N) is 1. The molecule has 0 aliphatic carbocycles. The lowest BCUT2D eigenvalue weighted by Gasteiger charge is -2.12. The Morgan fingerprint density at radius 3 is 2.76 bits per heavy atom. The highest BCUT2D eigenvalue weighted by Crippen LogP contribution is 2.37. The van der Waals surface area contributed by atoms with Crippen LogP contribution < -0.4 is 14.9 Å². The van der Waals surface area contributed by atoms with Crippen molar-refractivity contribution in [2.24, 2.45) is 11.0 Å². The molecule has 2 rings (SSSR count). The van der Waals surface area contributed by atoms with Crippen molar-refractivity contribution in [3.05, 3.63) is 22.7 Å². The van der Waals surface area contributed by atoms with Gasteiger partial charge in [0.25, 0.3) is 0 Å². The minimum absolute atomic E-state index is 0.0206. The van der Waals surface area contributed by atoms with E-state index in [0.29, 0.717) is 5.56 Å². The number of amides is 1. The maximum atomic E-state index is 12.4. The molecule has 138 valence electrons. The molecule has 1 aliphatic rings. The van der Waals surface area contributed by atoms with Crippen LogP contribution in [0.4, 0.5) is 8.78 Å². The van der Waals surface area contributed by atoms with E-state index in [1.807, 2.05) is 0 Å². The van der Waals surface area contributed by atoms with E-state index in [2.05, 4.69) is 15.3 Å². The second-order valence-electron chi connectivity index (χ2n) is 5.25. The Labute approximate surface area is 147 Å². The molecule has 1 N–H and O–H groups in total. The zero-order valence-corrected chi connectivity index (χ0v) is 14.6. The van der Waals surface area contributed by atoms with Crippen LogP contribution in [0, 0.1) is 5.92 Å². The minimum Gasteiger partial charge on any atom is -0.493 e. The number of hydrogen-bond donors (Lipinski definition) is 1. The third-order valence-electron chi connectivity index (χ3n) is 3.45. The molecule has 25 heavy (non-hydrogen) atoms. The quantitative estimate of drug-likeness (QED) is 0.585. The third-order valence-corrected chi connectivity index (χ3v) is 5.50. The molecular formula is C14H15ClF2N2O5S. The molecular weight excluding hydrogens is 382 g/mol. The molecule has 1 amide bonds. The predicted molar refractivity (Wildman–Crippen MR) is 87.1 cm³/mol. The van der Waals surface area contributed by atoms with Crippen LogP contribution in [-0.4, -0.2) is 45.8 Å². The van der Waals surface area contributed by atoms with Gasteiger partial charge in [0.05, 0.1) is 35.8 Å². The van der Waals surface area contributed by atoms with Gasteiger partial charge >= 0.3 is 6.61 Å². The van der Waals surface area contributed by atoms with E-state index in [4.69, 9.17) is 16.3 Å². The van der Waals surface area contributed by atoms with Crippen molar-refractivity contribution in [3.63, 3.8) is 0 Å². The Hall–Kier alpha value is -1.94. The largest absolute Gasteiger partial charge is 0.493 e. The molecule has 0 aromatic heterocycles. The lowest BCUT2D eigenvalue weighted by Crippen LogP contribution is -2.27. The van der Waals surface area contributed by atoms with Gasteiger partial charge in [0.2, 0.25) is 5.91 Å². The molecule has 1 aromatic rings. The summed E-state index contributed by atoms with van der Waals surface area (Å²) >= 11 is 5.88. The average molecular weight is 397 g/mol. The normalized spacial score (nSPS) is 19.3. The molecule has 0 bridgehead atoms. The van der Waals surface area contributed by atoms with E-state index >= 15 is 0 Å². The van der Waals surface area contributed by atoms with Crippen LogP contribution in [0.1, 0.15) is 12.0 Å². The van der Waals surface area contributed by atoms with Crippen LogP contribution in [0.15, 0.2) is 17.2 Å². The minimum atomic E-state index is -3.17. The lowest BCUT2D eigenvalue weighted by molar-refractivity contribution is -0.124. The maximum Gasteiger partial charge on any atom is 0.387 e. The van der Waals surface area contributed by atoms with Crippen molar-refractivity contribution in [1.29, 1.82) is 0 Å². The van der Waals surface area contributed by atoms with Gasteiger partial charge in [-0.3, -0.25) is 4.79 Å². The highest BCUT2D eigenvalue weighted by atomic mass is 35.5. The van der Waals surface area contributed by atoms with E-state index < -0.39 is 28.3 Å². The van der Waals surface area contributed by atoms with Crippen LogP contribution in [0.2, 0.25) is 5.02 Å². The van der Waals surface area contributed by atoms with Gasteiger partial charge in [-0.15, -0.1) is 0 Å². The van der Waals surface area contributed by atoms with Crippen molar-refractivity contribution in [2.75, 3.05) is 18.6 Å². The monoisotopic (exact) mass is 396 g/mol. The summed E-state index contributed by atoms with van der Waals surface area (Å²) in [5.41, 5.74) is 2.61. The van der Waals surface area contributed by atoms with Crippen molar-refractivity contribution < 1.29 is 31.5 Å². The Kier molecular flexibility index (Phi) is 6.17. The van der Waals surface area contributed by atoms with Gasteiger partial charge in [-0.2, -0.15) is 13.9 Å². The van der Waals surface area contributed by atoms with E-state index in [1.54, 1.807) is 0 Å². The fourth-order valence-corrected chi connectivity index (χ4v) is 4.29. The standard InChI is InChI=1S/C14H15ClF2N2O5S/c1-23-11-5-8(4-10(15)12(11)24-14(16)17)6-18-19-13(20)9-2-3-25(21,22)7-9/h4-6,9,14H,2-3,7H2,1H3,(H,19,20)/b18-6-/t9-/m0/s1. The number of methoxy groups -OCH3 is 1. The third kappa shape index (κ3) is 5.27. The fraction of sp³-hybridized carbons (Fsp3) is 0.429. The highest BCUT2D eigenvalue weighted by molar-refractivity contribution is 7.91. The molecule has 1 aliphatic heterocycles. The van der Waals surface area contributed by atoms with E-state index in [0.717, 1.165) is 0 Å². The summed E-state index contributed by atoms with van der Waals surface area (Å²) in [4.78, 5) is 11.8. The van der Waals surface area contributed by atoms with Gasteiger partial charge in [0, 0.05) is 0 Å². The van der Waals surface area contributed by atoms with Gasteiger partial charge in [0.15, 0.2) is 21.3 Å². The van der Waals surface area contributed by atoms with Crippen LogP contribution >= 0.6 is 11.6 Å². The van der Waals surface area contributed by atoms with Gasteiger partial charge in [-0.25, -0.2) is 13.8 Å². The molecule has 11 heteroatoms. The Balaban J connectivity index is 2.06. The Morgan fingerprint density at radius 1 is 1.48 bits per heavy atom. The van der Waals surface area contributed by atoms with Crippen molar-refractivity contribution in [1.82, 2.24) is 5.43 Å². The summed E-state index contributed by atoms with van der Waals surface area (Å²) in [5, 5.41) is 3.60. The maximum absolute atomic E-state index is 12.4. The first-order chi connectivity index (χ1) is 11.7. The molecule has 0 radical (unpaired) electrons. The fourth-order valence-electron chi connectivity index (χ4n) is 2.28. The summed E-state index contributed by atoms with van der Waals surface area (Å²) in [6.07, 6.45) is 1.48. The molecule has 0 saturated carbocycles. The number of ether oxygens (including phenoxy) is 2. The second kappa shape index (κ2) is 7.96. The van der Waals surface area contributed by atoms with E-state index in [9.17, 15) is 22.0 Å². The number of hydrogen-bond acceptors (Lipinski definition) is 6. The van der Waals surface area contributed by atoms with Gasteiger partial charge in [0.1, 0.15) is 0 Å². The first-order valence-electron chi connectivity index (χ1n) is 7.07. The Bertz CT molecular complexity index is 786. The summed E-state index contributed by atoms with van der Waals surface area (Å²) in [6, 6.07) is 2.65. The Morgan fingerprint density at radius 2 is 2.20 bits per heavy atom. The number of halogens is 3. The summed E-state index contributed by atoms with van der Waals surface area (Å²) < 4.78 is 56.6. The molecule has 1 saturated heterocycles. The number of carbonyl (C=O) groups is 1. The molecule has 1 atom stereocenters. The highest BCUT2D eigenvalue weighted by Gasteiger charge is 2.32. The second-order valence-corrected chi connectivity index (χ2v) is 7.88. The number of rotatable bonds is 6. The van der Waals surface area contributed by atoms with Crippen LogP contribution in [0.5, 0.6) is 11.5 Å². The molecule has 0 spiro atoms. The van der Waals surface area contributed by atoms with E-state index in [-0.39, 0.29) is 34.4 Å². The van der Waals surface area contributed by atoms with E-state index in [1.165, 1.54) is 25.5 Å². The number of hydrazone groups is 1. The number of nitrogens with one attached hydrogen (secondary N) is 1. The molecule has 0 unspecified atom stereocenters. The predicted octanol–water partition coefficient (Wildman–Crippen LogP) is 1.83. The van der Waals surface area contributed by atoms with Crippen molar-refractivity contribution in [2.45, 2.75) is 13.0 Å². The SMILES string of the molecule is COc1cc(/C=N\NC(=O)[C@H]2CCS(=O)(=O)C2)cc(Cl)c1OC(F)F. The van der Waals surface area contributed by atoms with Gasteiger partial charge < -0.3 is 9.47 Å². The zero-order chi connectivity index (χ0) is 18.6. The zero-order valence-electron chi connectivity index (χ0n) is 13.0. The summed E-state index contributed by atoms with van der Waals surface area (Å²) in [7, 11) is -1.91. The molecule has 7 nitrogen and oxygen atoms in total. The topological polar surface area (TPSA) is 94.1 Å². The first-order valence-corrected chi connectivity index (χ1v) is 9.27.